The molecule has 1 aliphatic rings. The molecule has 0 aliphatic carbocycles. The standard InChI is InChI=1S/C22H16FNO3S/c23-16-7-5-14(6-8-16)13-28-20-4-2-1-3-19(20)21(25)24-17-9-10-18-15(11-17)12-27-22(18)26/h1-11H,12-13H2,(H,24,25). The van der Waals surface area contributed by atoms with Crippen LogP contribution < -0.4 is 5.32 Å². The van der Waals surface area contributed by atoms with Crippen LogP contribution in [0.1, 0.15) is 31.8 Å². The number of amides is 1. The zero-order valence-electron chi connectivity index (χ0n) is 14.8. The first-order valence-corrected chi connectivity index (χ1v) is 9.66. The molecule has 1 aliphatic heterocycles. The number of ether oxygens (including phenoxy) is 1. The predicted molar refractivity (Wildman–Crippen MR) is 106 cm³/mol. The number of thioether (sulfide) groups is 1. The average Bonchev–Trinajstić information content (AvgIpc) is 3.08. The van der Waals surface area contributed by atoms with Gasteiger partial charge in [-0.2, -0.15) is 0 Å². The Kier molecular flexibility index (Phi) is 5.12. The minimum Gasteiger partial charge on any atom is -0.457 e. The van der Waals surface area contributed by atoms with Gasteiger partial charge in [0.15, 0.2) is 0 Å². The van der Waals surface area contributed by atoms with Crippen LogP contribution in [0.4, 0.5) is 10.1 Å². The Labute approximate surface area is 165 Å². The van der Waals surface area contributed by atoms with E-state index in [4.69, 9.17) is 4.74 Å². The lowest BCUT2D eigenvalue weighted by atomic mass is 10.1. The van der Waals surface area contributed by atoms with Crippen LogP contribution in [-0.4, -0.2) is 11.9 Å². The Bertz CT molecular complexity index is 1050. The third kappa shape index (κ3) is 3.92. The molecule has 1 heterocycles. The van der Waals surface area contributed by atoms with Gasteiger partial charge in [0.2, 0.25) is 0 Å². The summed E-state index contributed by atoms with van der Waals surface area (Å²) in [5.74, 6) is -0.208. The van der Waals surface area contributed by atoms with Crippen LogP contribution in [0.5, 0.6) is 0 Å². The lowest BCUT2D eigenvalue weighted by Crippen LogP contribution is -2.13. The van der Waals surface area contributed by atoms with Gasteiger partial charge >= 0.3 is 5.97 Å². The van der Waals surface area contributed by atoms with Crippen LogP contribution in [0.3, 0.4) is 0 Å². The van der Waals surface area contributed by atoms with Crippen molar-refractivity contribution >= 4 is 29.3 Å². The number of nitrogens with one attached hydrogen (secondary N) is 1. The number of carbonyl (C=O) groups excluding carboxylic acids is 2. The lowest BCUT2D eigenvalue weighted by molar-refractivity contribution is 0.0535. The van der Waals surface area contributed by atoms with Gasteiger partial charge in [0, 0.05) is 21.9 Å². The summed E-state index contributed by atoms with van der Waals surface area (Å²) < 4.78 is 18.0. The second-order valence-corrected chi connectivity index (χ2v) is 7.33. The van der Waals surface area contributed by atoms with Crippen LogP contribution >= 0.6 is 11.8 Å². The lowest BCUT2D eigenvalue weighted by Gasteiger charge is -2.10. The van der Waals surface area contributed by atoms with Crippen LogP contribution in [-0.2, 0) is 17.1 Å². The predicted octanol–water partition coefficient (Wildman–Crippen LogP) is 5.04. The molecule has 0 atom stereocenters. The fourth-order valence-electron chi connectivity index (χ4n) is 2.93. The highest BCUT2D eigenvalue weighted by atomic mass is 32.2. The molecule has 6 heteroatoms. The summed E-state index contributed by atoms with van der Waals surface area (Å²) in [7, 11) is 0. The Morgan fingerprint density at radius 1 is 1.07 bits per heavy atom. The van der Waals surface area contributed by atoms with Crippen LogP contribution in [0.15, 0.2) is 71.6 Å². The molecule has 3 aromatic carbocycles. The van der Waals surface area contributed by atoms with Gasteiger partial charge in [0.1, 0.15) is 12.4 Å². The number of rotatable bonds is 5. The van der Waals surface area contributed by atoms with Crippen molar-refractivity contribution in [2.75, 3.05) is 5.32 Å². The largest absolute Gasteiger partial charge is 0.457 e. The molecule has 4 nitrogen and oxygen atoms in total. The van der Waals surface area contributed by atoms with Crippen LogP contribution in [0, 0.1) is 5.82 Å². The number of carbonyl (C=O) groups is 2. The van der Waals surface area contributed by atoms with Crippen molar-refractivity contribution in [1.29, 1.82) is 0 Å². The first-order chi connectivity index (χ1) is 13.6. The van der Waals surface area contributed by atoms with Crippen molar-refractivity contribution in [1.82, 2.24) is 0 Å². The third-order valence-electron chi connectivity index (χ3n) is 4.38. The minimum atomic E-state index is -0.338. The summed E-state index contributed by atoms with van der Waals surface area (Å²) >= 11 is 1.52. The molecule has 0 unspecified atom stereocenters. The fraction of sp³-hybridized carbons (Fsp3) is 0.0909. The monoisotopic (exact) mass is 393 g/mol. The van der Waals surface area contributed by atoms with E-state index in [0.717, 1.165) is 16.0 Å². The van der Waals surface area contributed by atoms with E-state index in [1.165, 1.54) is 23.9 Å². The SMILES string of the molecule is O=C1OCc2cc(NC(=O)c3ccccc3SCc3ccc(F)cc3)ccc21. The minimum absolute atomic E-state index is 0.224. The van der Waals surface area contributed by atoms with Crippen LogP contribution in [0.25, 0.3) is 0 Å². The molecule has 140 valence electrons. The normalized spacial score (nSPS) is 12.4. The van der Waals surface area contributed by atoms with E-state index in [-0.39, 0.29) is 24.3 Å². The van der Waals surface area contributed by atoms with Crippen molar-refractivity contribution in [3.63, 3.8) is 0 Å². The van der Waals surface area contributed by atoms with E-state index in [9.17, 15) is 14.0 Å². The molecule has 0 fully saturated rings. The summed E-state index contributed by atoms with van der Waals surface area (Å²) in [6, 6.07) is 18.8. The molecule has 3 aromatic rings. The van der Waals surface area contributed by atoms with Crippen molar-refractivity contribution in [3.8, 4) is 0 Å². The summed E-state index contributed by atoms with van der Waals surface area (Å²) in [6.45, 7) is 0.224. The molecule has 0 spiro atoms. The molecule has 0 bridgehead atoms. The van der Waals surface area contributed by atoms with E-state index < -0.39 is 0 Å². The maximum Gasteiger partial charge on any atom is 0.338 e. The van der Waals surface area contributed by atoms with Gasteiger partial charge in [-0.1, -0.05) is 24.3 Å². The second-order valence-electron chi connectivity index (χ2n) is 6.31. The number of halogens is 1. The third-order valence-corrected chi connectivity index (χ3v) is 5.53. The summed E-state index contributed by atoms with van der Waals surface area (Å²) in [4.78, 5) is 25.2. The zero-order valence-corrected chi connectivity index (χ0v) is 15.6. The van der Waals surface area contributed by atoms with E-state index >= 15 is 0 Å². The molecule has 0 radical (unpaired) electrons. The van der Waals surface area contributed by atoms with Gasteiger partial charge < -0.3 is 10.1 Å². The van der Waals surface area contributed by atoms with Gasteiger partial charge in [-0.25, -0.2) is 9.18 Å². The molecular weight excluding hydrogens is 377 g/mol. The van der Waals surface area contributed by atoms with Crippen molar-refractivity contribution < 1.29 is 18.7 Å². The summed E-state index contributed by atoms with van der Waals surface area (Å²) in [6.07, 6.45) is 0. The second kappa shape index (κ2) is 7.86. The van der Waals surface area contributed by atoms with Crippen LogP contribution in [0.2, 0.25) is 0 Å². The number of benzene rings is 3. The smallest absolute Gasteiger partial charge is 0.338 e. The van der Waals surface area contributed by atoms with Gasteiger partial charge in [-0.15, -0.1) is 11.8 Å². The van der Waals surface area contributed by atoms with E-state index in [1.807, 2.05) is 18.2 Å². The number of fused-ring (bicyclic) bond motifs is 1. The Morgan fingerprint density at radius 3 is 2.68 bits per heavy atom. The first-order valence-electron chi connectivity index (χ1n) is 8.68. The van der Waals surface area contributed by atoms with Crippen molar-refractivity contribution in [2.24, 2.45) is 0 Å². The highest BCUT2D eigenvalue weighted by molar-refractivity contribution is 7.98. The van der Waals surface area contributed by atoms with Gasteiger partial charge in [-0.05, 0) is 48.0 Å². The molecule has 1 N–H and O–H groups in total. The van der Waals surface area contributed by atoms with Gasteiger partial charge in [-0.3, -0.25) is 4.79 Å². The van der Waals surface area contributed by atoms with E-state index in [1.54, 1.807) is 36.4 Å². The number of anilines is 1. The quantitative estimate of drug-likeness (QED) is 0.487. The number of cyclic esters (lactones) is 1. The maximum absolute atomic E-state index is 13.0. The van der Waals surface area contributed by atoms with E-state index in [0.29, 0.717) is 22.6 Å². The highest BCUT2D eigenvalue weighted by Crippen LogP contribution is 2.28. The topological polar surface area (TPSA) is 55.4 Å². The molecule has 1 amide bonds. The molecular formula is C22H16FNO3S. The zero-order chi connectivity index (χ0) is 19.5. The van der Waals surface area contributed by atoms with Crippen molar-refractivity contribution in [2.45, 2.75) is 17.3 Å². The summed E-state index contributed by atoms with van der Waals surface area (Å²) in [5.41, 5.74) is 3.45. The fourth-order valence-corrected chi connectivity index (χ4v) is 3.94. The van der Waals surface area contributed by atoms with Gasteiger partial charge in [0.05, 0.1) is 11.1 Å². The average molecular weight is 393 g/mol. The number of esters is 1. The molecule has 4 rings (SSSR count). The number of hydrogen-bond acceptors (Lipinski definition) is 4. The van der Waals surface area contributed by atoms with E-state index in [2.05, 4.69) is 5.32 Å². The Morgan fingerprint density at radius 2 is 1.86 bits per heavy atom. The Hall–Kier alpha value is -3.12. The maximum atomic E-state index is 13.0. The Balaban J connectivity index is 1.49. The molecule has 0 aromatic heterocycles. The number of hydrogen-bond donors (Lipinski definition) is 1. The molecule has 28 heavy (non-hydrogen) atoms. The highest BCUT2D eigenvalue weighted by Gasteiger charge is 2.21. The molecule has 0 saturated heterocycles. The first kappa shape index (κ1) is 18.3. The molecule has 0 saturated carbocycles. The summed E-state index contributed by atoms with van der Waals surface area (Å²) in [5, 5.41) is 2.88. The van der Waals surface area contributed by atoms with Crippen molar-refractivity contribution in [3.05, 3.63) is 94.8 Å². The van der Waals surface area contributed by atoms with Gasteiger partial charge in [0.25, 0.3) is 5.91 Å².